The average molecular weight is 273 g/mol. The molecule has 0 spiro atoms. The minimum Gasteiger partial charge on any atom is -0.481 e. The molecule has 1 amide bonds. The fourth-order valence-corrected chi connectivity index (χ4v) is 1.78. The molecule has 2 aromatic rings. The largest absolute Gasteiger partial charge is 0.481 e. The van der Waals surface area contributed by atoms with Crippen LogP contribution < -0.4 is 10.1 Å². The highest BCUT2D eigenvalue weighted by molar-refractivity contribution is 5.77. The van der Waals surface area contributed by atoms with Crippen LogP contribution >= 0.6 is 0 Å². The summed E-state index contributed by atoms with van der Waals surface area (Å²) < 4.78 is 18.4. The van der Waals surface area contributed by atoms with Crippen molar-refractivity contribution in [2.45, 2.75) is 13.5 Å². The normalized spacial score (nSPS) is 10.1. The Morgan fingerprint density at radius 3 is 2.75 bits per heavy atom. The van der Waals surface area contributed by atoms with Crippen molar-refractivity contribution < 1.29 is 13.9 Å². The Kier molecular flexibility index (Phi) is 4.71. The Morgan fingerprint density at radius 1 is 1.20 bits per heavy atom. The summed E-state index contributed by atoms with van der Waals surface area (Å²) in [4.78, 5) is 11.6. The lowest BCUT2D eigenvalue weighted by molar-refractivity contribution is -0.123. The molecule has 0 bridgehead atoms. The van der Waals surface area contributed by atoms with Gasteiger partial charge >= 0.3 is 0 Å². The number of carbonyl (C=O) groups is 1. The first-order valence-electron chi connectivity index (χ1n) is 6.35. The van der Waals surface area contributed by atoms with Crippen molar-refractivity contribution in [2.75, 3.05) is 6.61 Å². The molecular formula is C16H16FNO2. The van der Waals surface area contributed by atoms with Gasteiger partial charge in [0.05, 0.1) is 0 Å². The molecule has 20 heavy (non-hydrogen) atoms. The van der Waals surface area contributed by atoms with E-state index in [-0.39, 0.29) is 18.3 Å². The second-order valence-electron chi connectivity index (χ2n) is 4.48. The maximum Gasteiger partial charge on any atom is 0.258 e. The van der Waals surface area contributed by atoms with Gasteiger partial charge in [-0.05, 0) is 24.6 Å². The van der Waals surface area contributed by atoms with Crippen LogP contribution in [0.25, 0.3) is 0 Å². The Bertz CT molecular complexity index is 599. The summed E-state index contributed by atoms with van der Waals surface area (Å²) in [6.07, 6.45) is 0. The Morgan fingerprint density at radius 2 is 2.00 bits per heavy atom. The van der Waals surface area contributed by atoms with Crippen LogP contribution in [-0.2, 0) is 11.3 Å². The molecule has 0 radical (unpaired) electrons. The SMILES string of the molecule is Cc1cccc(CNC(=O)COc2ccccc2F)c1. The van der Waals surface area contributed by atoms with Crippen molar-refractivity contribution in [1.29, 1.82) is 0 Å². The number of rotatable bonds is 5. The second kappa shape index (κ2) is 6.70. The van der Waals surface area contributed by atoms with Gasteiger partial charge in [-0.1, -0.05) is 42.0 Å². The van der Waals surface area contributed by atoms with E-state index in [4.69, 9.17) is 4.74 Å². The first kappa shape index (κ1) is 14.1. The van der Waals surface area contributed by atoms with Crippen molar-refractivity contribution in [1.82, 2.24) is 5.32 Å². The monoisotopic (exact) mass is 273 g/mol. The summed E-state index contributed by atoms with van der Waals surface area (Å²) in [5.41, 5.74) is 2.16. The highest BCUT2D eigenvalue weighted by Gasteiger charge is 2.06. The van der Waals surface area contributed by atoms with Crippen molar-refractivity contribution in [3.63, 3.8) is 0 Å². The molecule has 0 heterocycles. The fourth-order valence-electron chi connectivity index (χ4n) is 1.78. The van der Waals surface area contributed by atoms with Gasteiger partial charge in [0.1, 0.15) is 0 Å². The third-order valence-corrected chi connectivity index (χ3v) is 2.77. The van der Waals surface area contributed by atoms with E-state index < -0.39 is 5.82 Å². The van der Waals surface area contributed by atoms with Gasteiger partial charge in [0.25, 0.3) is 5.91 Å². The topological polar surface area (TPSA) is 38.3 Å². The van der Waals surface area contributed by atoms with Gasteiger partial charge in [0, 0.05) is 6.54 Å². The van der Waals surface area contributed by atoms with Crippen LogP contribution in [0, 0.1) is 12.7 Å². The molecule has 0 aliphatic heterocycles. The molecule has 0 aliphatic rings. The van der Waals surface area contributed by atoms with Crippen LogP contribution in [0.2, 0.25) is 0 Å². The van der Waals surface area contributed by atoms with Crippen LogP contribution in [0.3, 0.4) is 0 Å². The number of aryl methyl sites for hydroxylation is 1. The van der Waals surface area contributed by atoms with Crippen LogP contribution in [0.1, 0.15) is 11.1 Å². The number of benzene rings is 2. The zero-order valence-electron chi connectivity index (χ0n) is 11.2. The number of ether oxygens (including phenoxy) is 1. The predicted molar refractivity (Wildman–Crippen MR) is 74.9 cm³/mol. The lowest BCUT2D eigenvalue weighted by Gasteiger charge is -2.08. The average Bonchev–Trinajstić information content (AvgIpc) is 2.44. The third-order valence-electron chi connectivity index (χ3n) is 2.77. The van der Waals surface area contributed by atoms with E-state index in [9.17, 15) is 9.18 Å². The summed E-state index contributed by atoms with van der Waals surface area (Å²) in [6, 6.07) is 13.9. The number of hydrogen-bond donors (Lipinski definition) is 1. The fraction of sp³-hybridized carbons (Fsp3) is 0.188. The number of nitrogens with one attached hydrogen (secondary N) is 1. The summed E-state index contributed by atoms with van der Waals surface area (Å²) >= 11 is 0. The van der Waals surface area contributed by atoms with Gasteiger partial charge in [-0.25, -0.2) is 4.39 Å². The molecule has 0 aliphatic carbocycles. The predicted octanol–water partition coefficient (Wildman–Crippen LogP) is 2.83. The van der Waals surface area contributed by atoms with Crippen molar-refractivity contribution in [3.8, 4) is 5.75 Å². The zero-order chi connectivity index (χ0) is 14.4. The molecule has 2 rings (SSSR count). The molecule has 3 nitrogen and oxygen atoms in total. The van der Waals surface area contributed by atoms with Gasteiger partial charge in [-0.2, -0.15) is 0 Å². The first-order valence-corrected chi connectivity index (χ1v) is 6.35. The highest BCUT2D eigenvalue weighted by atomic mass is 19.1. The van der Waals surface area contributed by atoms with Crippen molar-refractivity contribution in [2.24, 2.45) is 0 Å². The number of halogens is 1. The maximum atomic E-state index is 13.3. The van der Waals surface area contributed by atoms with E-state index in [0.717, 1.165) is 11.1 Å². The van der Waals surface area contributed by atoms with Crippen LogP contribution in [-0.4, -0.2) is 12.5 Å². The van der Waals surface area contributed by atoms with Crippen molar-refractivity contribution >= 4 is 5.91 Å². The first-order chi connectivity index (χ1) is 9.65. The van der Waals surface area contributed by atoms with E-state index in [1.54, 1.807) is 12.1 Å². The smallest absolute Gasteiger partial charge is 0.258 e. The van der Waals surface area contributed by atoms with Gasteiger partial charge in [-0.15, -0.1) is 0 Å². The molecule has 104 valence electrons. The maximum absolute atomic E-state index is 13.3. The number of carbonyl (C=O) groups excluding carboxylic acids is 1. The Balaban J connectivity index is 1.80. The minimum atomic E-state index is -0.473. The molecule has 1 N–H and O–H groups in total. The standard InChI is InChI=1S/C16H16FNO2/c1-12-5-4-6-13(9-12)10-18-16(19)11-20-15-8-3-2-7-14(15)17/h2-9H,10-11H2,1H3,(H,18,19). The summed E-state index contributed by atoms with van der Waals surface area (Å²) in [6.45, 7) is 2.22. The van der Waals surface area contributed by atoms with Crippen LogP contribution in [0.4, 0.5) is 4.39 Å². The van der Waals surface area contributed by atoms with Gasteiger partial charge < -0.3 is 10.1 Å². The lowest BCUT2D eigenvalue weighted by atomic mass is 10.1. The summed E-state index contributed by atoms with van der Waals surface area (Å²) in [5, 5.41) is 2.73. The molecule has 4 heteroatoms. The van der Waals surface area contributed by atoms with Gasteiger partial charge in [0.2, 0.25) is 0 Å². The van der Waals surface area contributed by atoms with Gasteiger partial charge in [0.15, 0.2) is 18.2 Å². The van der Waals surface area contributed by atoms with Crippen LogP contribution in [0.5, 0.6) is 5.75 Å². The molecule has 0 atom stereocenters. The molecule has 2 aromatic carbocycles. The van der Waals surface area contributed by atoms with E-state index >= 15 is 0 Å². The molecule has 0 saturated heterocycles. The lowest BCUT2D eigenvalue weighted by Crippen LogP contribution is -2.28. The summed E-state index contributed by atoms with van der Waals surface area (Å²) in [7, 11) is 0. The quantitative estimate of drug-likeness (QED) is 0.909. The van der Waals surface area contributed by atoms with Gasteiger partial charge in [-0.3, -0.25) is 4.79 Å². The van der Waals surface area contributed by atoms with Crippen LogP contribution in [0.15, 0.2) is 48.5 Å². The Labute approximate surface area is 117 Å². The zero-order valence-corrected chi connectivity index (χ0v) is 11.2. The van der Waals surface area contributed by atoms with E-state index in [1.165, 1.54) is 12.1 Å². The van der Waals surface area contributed by atoms with E-state index in [1.807, 2.05) is 31.2 Å². The molecule has 0 aromatic heterocycles. The number of para-hydroxylation sites is 1. The number of hydrogen-bond acceptors (Lipinski definition) is 2. The molecule has 0 saturated carbocycles. The third kappa shape index (κ3) is 4.09. The summed E-state index contributed by atoms with van der Waals surface area (Å²) in [5.74, 6) is -0.674. The van der Waals surface area contributed by atoms with Crippen molar-refractivity contribution in [3.05, 3.63) is 65.5 Å². The van der Waals surface area contributed by atoms with E-state index in [2.05, 4.69) is 5.32 Å². The molecule has 0 fully saturated rings. The molecular weight excluding hydrogens is 257 g/mol. The van der Waals surface area contributed by atoms with E-state index in [0.29, 0.717) is 6.54 Å². The Hall–Kier alpha value is -2.36. The highest BCUT2D eigenvalue weighted by Crippen LogP contribution is 2.14. The second-order valence-corrected chi connectivity index (χ2v) is 4.48. The number of amides is 1. The minimum absolute atomic E-state index is 0.0817. The molecule has 0 unspecified atom stereocenters.